The molecule has 2 aliphatic heterocycles. The zero-order valence-electron chi connectivity index (χ0n) is 15.4. The van der Waals surface area contributed by atoms with Crippen LogP contribution in [0.2, 0.25) is 0 Å². The molecule has 2 amide bonds. The molecule has 0 radical (unpaired) electrons. The molecule has 1 unspecified atom stereocenters. The molecule has 1 spiro atoms. The number of piperidine rings is 1. The van der Waals surface area contributed by atoms with Crippen molar-refractivity contribution in [3.05, 3.63) is 69.8 Å². The van der Waals surface area contributed by atoms with E-state index >= 15 is 0 Å². The van der Waals surface area contributed by atoms with Crippen molar-refractivity contribution in [3.63, 3.8) is 0 Å². The van der Waals surface area contributed by atoms with Crippen LogP contribution in [-0.2, 0) is 11.2 Å². The van der Waals surface area contributed by atoms with Gasteiger partial charge in [0.15, 0.2) is 0 Å². The van der Waals surface area contributed by atoms with E-state index in [0.29, 0.717) is 31.5 Å². The minimum Gasteiger partial charge on any atom is -0.356 e. The average molecular weight is 379 g/mol. The molecule has 0 aliphatic carbocycles. The lowest BCUT2D eigenvalue weighted by Gasteiger charge is -2.35. The molecule has 1 atom stereocenters. The molecule has 0 aromatic heterocycles. The van der Waals surface area contributed by atoms with Crippen LogP contribution in [0, 0.1) is 15.5 Å². The fraction of sp³-hybridized carbons (Fsp3) is 0.333. The number of carbonyl (C=O) groups excluding carboxylic acids is 2. The van der Waals surface area contributed by atoms with Crippen LogP contribution in [0.1, 0.15) is 35.2 Å². The standard InChI is InChI=1S/C21H21N3O4/c25-19(15-6-8-17(9-7-15)24(27)28)23-13-11-21(10-3-12-22-20(21)26)14-16-4-1-2-5-18(16)23/h1-2,4-9H,3,10-14H2,(H,22,26). The predicted octanol–water partition coefficient (Wildman–Crippen LogP) is 3.08. The summed E-state index contributed by atoms with van der Waals surface area (Å²) in [4.78, 5) is 38.0. The van der Waals surface area contributed by atoms with Gasteiger partial charge in [-0.15, -0.1) is 0 Å². The van der Waals surface area contributed by atoms with Crippen LogP contribution >= 0.6 is 0 Å². The molecule has 2 aromatic carbocycles. The van der Waals surface area contributed by atoms with E-state index in [4.69, 9.17) is 0 Å². The second-order valence-corrected chi connectivity index (χ2v) is 7.46. The second kappa shape index (κ2) is 7.07. The van der Waals surface area contributed by atoms with E-state index in [2.05, 4.69) is 5.32 Å². The average Bonchev–Trinajstić information content (AvgIpc) is 2.87. The predicted molar refractivity (Wildman–Crippen MR) is 104 cm³/mol. The summed E-state index contributed by atoms with van der Waals surface area (Å²) >= 11 is 0. The molecule has 0 saturated carbocycles. The summed E-state index contributed by atoms with van der Waals surface area (Å²) in [6, 6.07) is 13.3. The lowest BCUT2D eigenvalue weighted by Crippen LogP contribution is -2.48. The molecule has 28 heavy (non-hydrogen) atoms. The van der Waals surface area contributed by atoms with Gasteiger partial charge in [-0.3, -0.25) is 19.7 Å². The quantitative estimate of drug-likeness (QED) is 0.641. The molecule has 0 bridgehead atoms. The maximum Gasteiger partial charge on any atom is 0.269 e. The van der Waals surface area contributed by atoms with E-state index < -0.39 is 10.3 Å². The van der Waals surface area contributed by atoms with Gasteiger partial charge in [-0.25, -0.2) is 0 Å². The van der Waals surface area contributed by atoms with E-state index in [1.165, 1.54) is 24.3 Å². The van der Waals surface area contributed by atoms with Crippen molar-refractivity contribution in [1.82, 2.24) is 5.32 Å². The third-order valence-electron chi connectivity index (χ3n) is 5.79. The Balaban J connectivity index is 1.69. The lowest BCUT2D eigenvalue weighted by atomic mass is 9.73. The first kappa shape index (κ1) is 18.2. The summed E-state index contributed by atoms with van der Waals surface area (Å²) < 4.78 is 0. The van der Waals surface area contributed by atoms with Gasteiger partial charge in [0.25, 0.3) is 11.6 Å². The zero-order chi connectivity index (χ0) is 19.7. The molecular formula is C21H21N3O4. The summed E-state index contributed by atoms with van der Waals surface area (Å²) in [7, 11) is 0. The van der Waals surface area contributed by atoms with Crippen LogP contribution < -0.4 is 10.2 Å². The second-order valence-electron chi connectivity index (χ2n) is 7.46. The smallest absolute Gasteiger partial charge is 0.269 e. The van der Waals surface area contributed by atoms with Gasteiger partial charge in [-0.05, 0) is 49.4 Å². The van der Waals surface area contributed by atoms with Gasteiger partial charge in [0, 0.05) is 36.5 Å². The third-order valence-corrected chi connectivity index (χ3v) is 5.79. The van der Waals surface area contributed by atoms with Crippen LogP contribution in [0.15, 0.2) is 48.5 Å². The Morgan fingerprint density at radius 1 is 1.11 bits per heavy atom. The highest BCUT2D eigenvalue weighted by molar-refractivity contribution is 6.07. The monoisotopic (exact) mass is 379 g/mol. The fourth-order valence-corrected chi connectivity index (χ4v) is 4.25. The minimum atomic E-state index is -0.487. The Morgan fingerprint density at radius 2 is 1.86 bits per heavy atom. The Hall–Kier alpha value is -3.22. The number of carbonyl (C=O) groups is 2. The molecule has 2 aliphatic rings. The normalized spacial score (nSPS) is 21.6. The molecular weight excluding hydrogens is 358 g/mol. The van der Waals surface area contributed by atoms with Gasteiger partial charge in [0.2, 0.25) is 5.91 Å². The molecule has 7 heteroatoms. The van der Waals surface area contributed by atoms with Gasteiger partial charge in [0.05, 0.1) is 10.3 Å². The molecule has 7 nitrogen and oxygen atoms in total. The Kier molecular flexibility index (Phi) is 4.58. The van der Waals surface area contributed by atoms with Crippen molar-refractivity contribution in [2.45, 2.75) is 25.7 Å². The van der Waals surface area contributed by atoms with Crippen LogP contribution in [0.3, 0.4) is 0 Å². The first-order chi connectivity index (χ1) is 13.5. The van der Waals surface area contributed by atoms with Crippen LogP contribution in [0.5, 0.6) is 0 Å². The highest BCUT2D eigenvalue weighted by Gasteiger charge is 2.43. The number of hydrogen-bond acceptors (Lipinski definition) is 4. The largest absolute Gasteiger partial charge is 0.356 e. The van der Waals surface area contributed by atoms with Crippen LogP contribution in [0.25, 0.3) is 0 Å². The Bertz CT molecular complexity index is 941. The first-order valence-electron chi connectivity index (χ1n) is 9.43. The van der Waals surface area contributed by atoms with Crippen molar-refractivity contribution < 1.29 is 14.5 Å². The van der Waals surface area contributed by atoms with Crippen LogP contribution in [0.4, 0.5) is 11.4 Å². The molecule has 1 saturated heterocycles. The van der Waals surface area contributed by atoms with Gasteiger partial charge in [0.1, 0.15) is 0 Å². The number of rotatable bonds is 2. The number of para-hydroxylation sites is 1. The Morgan fingerprint density at radius 3 is 2.57 bits per heavy atom. The fourth-order valence-electron chi connectivity index (χ4n) is 4.25. The van der Waals surface area contributed by atoms with E-state index in [-0.39, 0.29) is 17.5 Å². The number of nitro groups is 1. The summed E-state index contributed by atoms with van der Waals surface area (Å²) in [5.74, 6) is -0.145. The highest BCUT2D eigenvalue weighted by Crippen LogP contribution is 2.41. The molecule has 1 N–H and O–H groups in total. The number of non-ortho nitro benzene ring substituents is 1. The van der Waals surface area contributed by atoms with Crippen molar-refractivity contribution in [1.29, 1.82) is 0 Å². The highest BCUT2D eigenvalue weighted by atomic mass is 16.6. The molecule has 1 fully saturated rings. The lowest BCUT2D eigenvalue weighted by molar-refractivity contribution is -0.384. The van der Waals surface area contributed by atoms with Gasteiger partial charge in [-0.1, -0.05) is 18.2 Å². The number of anilines is 1. The maximum absolute atomic E-state index is 13.2. The SMILES string of the molecule is O=C(c1ccc([N+](=O)[O-])cc1)N1CCC2(CCCNC2=O)Cc2ccccc21. The maximum atomic E-state index is 13.2. The van der Waals surface area contributed by atoms with Crippen molar-refractivity contribution in [3.8, 4) is 0 Å². The first-order valence-corrected chi connectivity index (χ1v) is 9.43. The third kappa shape index (κ3) is 3.13. The molecule has 144 valence electrons. The van der Waals surface area contributed by atoms with E-state index in [1.54, 1.807) is 4.90 Å². The minimum absolute atomic E-state index is 0.0503. The van der Waals surface area contributed by atoms with E-state index in [0.717, 1.165) is 24.1 Å². The Labute approximate surface area is 162 Å². The topological polar surface area (TPSA) is 92.5 Å². The molecule has 4 rings (SSSR count). The van der Waals surface area contributed by atoms with Gasteiger partial charge in [-0.2, -0.15) is 0 Å². The number of hydrogen-bond donors (Lipinski definition) is 1. The van der Waals surface area contributed by atoms with Crippen molar-refractivity contribution in [2.24, 2.45) is 5.41 Å². The summed E-state index contributed by atoms with van der Waals surface area (Å²) in [5, 5.41) is 13.9. The van der Waals surface area contributed by atoms with Crippen LogP contribution in [-0.4, -0.2) is 29.8 Å². The van der Waals surface area contributed by atoms with Crippen molar-refractivity contribution >= 4 is 23.2 Å². The number of amides is 2. The number of nitrogens with zero attached hydrogens (tertiary/aromatic N) is 2. The summed E-state index contributed by atoms with van der Waals surface area (Å²) in [6.45, 7) is 1.13. The van der Waals surface area contributed by atoms with Gasteiger partial charge < -0.3 is 10.2 Å². The number of fused-ring (bicyclic) bond motifs is 1. The molecule has 2 aromatic rings. The number of nitrogens with one attached hydrogen (secondary N) is 1. The number of nitro benzene ring substituents is 1. The van der Waals surface area contributed by atoms with E-state index in [1.807, 2.05) is 24.3 Å². The van der Waals surface area contributed by atoms with E-state index in [9.17, 15) is 19.7 Å². The summed E-state index contributed by atoms with van der Waals surface area (Å²) in [5.41, 5.74) is 1.64. The summed E-state index contributed by atoms with van der Waals surface area (Å²) in [6.07, 6.45) is 2.95. The number of benzene rings is 2. The van der Waals surface area contributed by atoms with Crippen molar-refractivity contribution in [2.75, 3.05) is 18.0 Å². The van der Waals surface area contributed by atoms with Gasteiger partial charge >= 0.3 is 0 Å². The zero-order valence-corrected chi connectivity index (χ0v) is 15.4. The molecule has 2 heterocycles.